The predicted molar refractivity (Wildman–Crippen MR) is 153 cm³/mol. The van der Waals surface area contributed by atoms with E-state index in [4.69, 9.17) is 9.84 Å². The molecule has 0 fully saturated rings. The summed E-state index contributed by atoms with van der Waals surface area (Å²) in [7, 11) is 0. The summed E-state index contributed by atoms with van der Waals surface area (Å²) in [6.07, 6.45) is 9.05. The second kappa shape index (κ2) is 9.46. The Hall–Kier alpha value is -3.86. The number of carbonyl (C=O) groups excluding carboxylic acids is 1. The van der Waals surface area contributed by atoms with Gasteiger partial charge in [0.1, 0.15) is 11.6 Å². The number of ketones is 1. The first-order valence-electron chi connectivity index (χ1n) is 13.7. The van der Waals surface area contributed by atoms with E-state index in [9.17, 15) is 4.79 Å². The van der Waals surface area contributed by atoms with Crippen LogP contribution in [0.4, 0.5) is 5.82 Å². The Morgan fingerprint density at radius 1 is 1.08 bits per heavy atom. The maximum absolute atomic E-state index is 13.8. The number of benzene rings is 2. The Labute approximate surface area is 224 Å². The average Bonchev–Trinajstić information content (AvgIpc) is 3.27. The van der Waals surface area contributed by atoms with Gasteiger partial charge in [-0.1, -0.05) is 75.4 Å². The second-order valence-corrected chi connectivity index (χ2v) is 11.5. The van der Waals surface area contributed by atoms with Crippen molar-refractivity contribution in [2.45, 2.75) is 52.9 Å². The molecule has 0 saturated carbocycles. The van der Waals surface area contributed by atoms with Crippen molar-refractivity contribution in [2.75, 3.05) is 11.9 Å². The van der Waals surface area contributed by atoms with E-state index < -0.39 is 0 Å². The van der Waals surface area contributed by atoms with E-state index in [2.05, 4.69) is 73.3 Å². The normalized spacial score (nSPS) is 21.9. The van der Waals surface area contributed by atoms with Crippen molar-refractivity contribution in [3.8, 4) is 17.0 Å². The lowest BCUT2D eigenvalue weighted by Gasteiger charge is -2.39. The molecule has 6 rings (SSSR count). The van der Waals surface area contributed by atoms with Gasteiger partial charge in [-0.25, -0.2) is 4.68 Å². The first-order chi connectivity index (χ1) is 18.3. The molecule has 2 unspecified atom stereocenters. The van der Waals surface area contributed by atoms with Crippen molar-refractivity contribution in [3.63, 3.8) is 0 Å². The molecule has 1 N–H and O–H groups in total. The highest BCUT2D eigenvalue weighted by Gasteiger charge is 2.43. The zero-order valence-electron chi connectivity index (χ0n) is 22.6. The molecule has 38 heavy (non-hydrogen) atoms. The van der Waals surface area contributed by atoms with Gasteiger partial charge < -0.3 is 10.1 Å². The molecule has 1 aliphatic heterocycles. The van der Waals surface area contributed by atoms with Gasteiger partial charge in [0, 0.05) is 34.7 Å². The Balaban J connectivity index is 1.62. The van der Waals surface area contributed by atoms with Gasteiger partial charge >= 0.3 is 0 Å². The summed E-state index contributed by atoms with van der Waals surface area (Å²) in [5.41, 5.74) is 6.94. The molecule has 0 radical (unpaired) electrons. The first-order valence-corrected chi connectivity index (χ1v) is 13.7. The number of nitrogens with one attached hydrogen (secondary N) is 1. The Kier molecular flexibility index (Phi) is 6.10. The molecule has 0 spiro atoms. The fraction of sp³-hybridized carbons (Fsp3) is 0.333. The van der Waals surface area contributed by atoms with E-state index in [-0.39, 0.29) is 17.1 Å². The van der Waals surface area contributed by atoms with Gasteiger partial charge in [0.05, 0.1) is 18.0 Å². The van der Waals surface area contributed by atoms with Gasteiger partial charge in [0.25, 0.3) is 0 Å². The summed E-state index contributed by atoms with van der Waals surface area (Å²) in [6, 6.07) is 18.6. The Bertz CT molecular complexity index is 1470. The number of allylic oxidation sites excluding steroid dienone is 6. The number of rotatable bonds is 5. The quantitative estimate of drug-likeness (QED) is 0.388. The topological polar surface area (TPSA) is 56.1 Å². The largest absolute Gasteiger partial charge is 0.494 e. The number of carbonyl (C=O) groups is 1. The highest BCUT2D eigenvalue weighted by molar-refractivity contribution is 6.02. The number of aromatic nitrogens is 2. The van der Waals surface area contributed by atoms with Crippen LogP contribution in [-0.2, 0) is 4.79 Å². The minimum absolute atomic E-state index is 0.102. The SMILES string of the molecule is CCOc1ccc(C2C3=C(CC(C)(C)CC3=O)Nc3c2c(-c2ccccc2)nn3C2=CC(C)CC=C2)cc1. The number of hydrogen-bond donors (Lipinski definition) is 1. The zero-order valence-corrected chi connectivity index (χ0v) is 22.6. The van der Waals surface area contributed by atoms with Crippen LogP contribution in [-0.4, -0.2) is 22.2 Å². The third-order valence-corrected chi connectivity index (χ3v) is 7.76. The van der Waals surface area contributed by atoms with Crippen molar-refractivity contribution in [1.82, 2.24) is 9.78 Å². The van der Waals surface area contributed by atoms with Gasteiger partial charge in [0.15, 0.2) is 5.78 Å². The van der Waals surface area contributed by atoms with Crippen LogP contribution in [0, 0.1) is 11.3 Å². The molecule has 0 amide bonds. The summed E-state index contributed by atoms with van der Waals surface area (Å²) < 4.78 is 7.79. The van der Waals surface area contributed by atoms with Crippen molar-refractivity contribution in [2.24, 2.45) is 11.3 Å². The summed E-state index contributed by atoms with van der Waals surface area (Å²) in [5, 5.41) is 8.98. The predicted octanol–water partition coefficient (Wildman–Crippen LogP) is 7.59. The standard InChI is InChI=1S/C33H35N3O2/c1-5-38-25-16-14-22(15-17-25)28-29-26(19-33(3,4)20-27(29)37)34-32-30(28)31(23-11-7-6-8-12-23)35-36(32)24-13-9-10-21(2)18-24/h6-9,11-18,21,28,34H,5,10,19-20H2,1-4H3. The molecule has 2 atom stereocenters. The number of Topliss-reactive ketones (excluding diaryl/α,β-unsaturated/α-hetero) is 1. The number of ether oxygens (including phenoxy) is 1. The fourth-order valence-corrected chi connectivity index (χ4v) is 6.10. The van der Waals surface area contributed by atoms with Gasteiger partial charge in [-0.2, -0.15) is 5.10 Å². The summed E-state index contributed by atoms with van der Waals surface area (Å²) in [4.78, 5) is 13.8. The monoisotopic (exact) mass is 505 g/mol. The molecule has 3 aliphatic rings. The van der Waals surface area contributed by atoms with Gasteiger partial charge in [-0.3, -0.25) is 4.79 Å². The summed E-state index contributed by atoms with van der Waals surface area (Å²) in [5.74, 6) is 2.23. The first kappa shape index (κ1) is 24.5. The van der Waals surface area contributed by atoms with E-state index in [1.54, 1.807) is 0 Å². The van der Waals surface area contributed by atoms with Crippen LogP contribution in [0.15, 0.2) is 84.1 Å². The lowest BCUT2D eigenvalue weighted by Crippen LogP contribution is -2.34. The third kappa shape index (κ3) is 4.30. The molecule has 0 bridgehead atoms. The molecule has 2 aliphatic carbocycles. The van der Waals surface area contributed by atoms with Crippen LogP contribution in [0.5, 0.6) is 5.75 Å². The van der Waals surface area contributed by atoms with Gasteiger partial charge in [0.2, 0.25) is 0 Å². The van der Waals surface area contributed by atoms with Crippen LogP contribution >= 0.6 is 0 Å². The molecule has 3 aromatic rings. The molecule has 5 nitrogen and oxygen atoms in total. The van der Waals surface area contributed by atoms with Crippen molar-refractivity contribution < 1.29 is 9.53 Å². The van der Waals surface area contributed by atoms with E-state index in [0.717, 1.165) is 63.8 Å². The van der Waals surface area contributed by atoms with Gasteiger partial charge in [-0.05, 0) is 54.9 Å². The van der Waals surface area contributed by atoms with Crippen LogP contribution in [0.2, 0.25) is 0 Å². The molecule has 1 aromatic heterocycles. The van der Waals surface area contributed by atoms with Crippen molar-refractivity contribution in [3.05, 3.63) is 95.2 Å². The number of hydrogen-bond acceptors (Lipinski definition) is 4. The smallest absolute Gasteiger partial charge is 0.162 e. The third-order valence-electron chi connectivity index (χ3n) is 7.76. The highest BCUT2D eigenvalue weighted by atomic mass is 16.5. The number of fused-ring (bicyclic) bond motifs is 1. The summed E-state index contributed by atoms with van der Waals surface area (Å²) in [6.45, 7) is 9.20. The Morgan fingerprint density at radius 2 is 1.84 bits per heavy atom. The molecular weight excluding hydrogens is 470 g/mol. The minimum atomic E-state index is -0.213. The molecule has 0 saturated heterocycles. The van der Waals surface area contributed by atoms with E-state index in [0.29, 0.717) is 18.9 Å². The lowest BCUT2D eigenvalue weighted by molar-refractivity contribution is -0.118. The van der Waals surface area contributed by atoms with Crippen LogP contribution in [0.1, 0.15) is 64.0 Å². The Morgan fingerprint density at radius 3 is 2.55 bits per heavy atom. The maximum atomic E-state index is 13.8. The zero-order chi connectivity index (χ0) is 26.4. The van der Waals surface area contributed by atoms with Crippen molar-refractivity contribution in [1.29, 1.82) is 0 Å². The molecular formula is C33H35N3O2. The fourth-order valence-electron chi connectivity index (χ4n) is 6.10. The van der Waals surface area contributed by atoms with Crippen LogP contribution in [0.25, 0.3) is 17.0 Å². The number of anilines is 1. The molecule has 2 heterocycles. The average molecular weight is 506 g/mol. The molecule has 194 valence electrons. The van der Waals surface area contributed by atoms with Crippen LogP contribution < -0.4 is 10.1 Å². The summed E-state index contributed by atoms with van der Waals surface area (Å²) >= 11 is 0. The maximum Gasteiger partial charge on any atom is 0.162 e. The van der Waals surface area contributed by atoms with E-state index >= 15 is 0 Å². The minimum Gasteiger partial charge on any atom is -0.494 e. The van der Waals surface area contributed by atoms with E-state index in [1.165, 1.54) is 0 Å². The van der Waals surface area contributed by atoms with Gasteiger partial charge in [-0.15, -0.1) is 0 Å². The lowest BCUT2D eigenvalue weighted by atomic mass is 9.69. The van der Waals surface area contributed by atoms with Crippen molar-refractivity contribution >= 4 is 17.3 Å². The molecule has 5 heteroatoms. The highest BCUT2D eigenvalue weighted by Crippen LogP contribution is 2.52. The van der Waals surface area contributed by atoms with E-state index in [1.807, 2.05) is 37.3 Å². The molecule has 2 aromatic carbocycles. The van der Waals surface area contributed by atoms with Crippen LogP contribution in [0.3, 0.4) is 0 Å². The number of nitrogens with zero attached hydrogens (tertiary/aromatic N) is 2. The second-order valence-electron chi connectivity index (χ2n) is 11.5.